The summed E-state index contributed by atoms with van der Waals surface area (Å²) in [6.45, 7) is 7.02. The van der Waals surface area contributed by atoms with Crippen LogP contribution in [0.15, 0.2) is 10.3 Å². The van der Waals surface area contributed by atoms with Gasteiger partial charge >= 0.3 is 0 Å². The highest BCUT2D eigenvalue weighted by molar-refractivity contribution is 7.89. The topological polar surface area (TPSA) is 46.6 Å². The summed E-state index contributed by atoms with van der Waals surface area (Å²) in [5, 5.41) is 1.84. The normalized spacial score (nSPS) is 12.6. The fourth-order valence-electron chi connectivity index (χ4n) is 1.97. The van der Waals surface area contributed by atoms with Crippen molar-refractivity contribution < 1.29 is 13.2 Å². The molecule has 0 fully saturated rings. The summed E-state index contributed by atoms with van der Waals surface area (Å²) >= 11 is 7.26. The number of alkyl halides is 1. The van der Waals surface area contributed by atoms with Crippen LogP contribution in [0.1, 0.15) is 24.3 Å². The Morgan fingerprint density at radius 3 is 2.60 bits per heavy atom. The molecule has 7 heteroatoms. The van der Waals surface area contributed by atoms with E-state index >= 15 is 0 Å². The molecule has 0 radical (unpaired) electrons. The van der Waals surface area contributed by atoms with Crippen molar-refractivity contribution >= 4 is 33.0 Å². The molecule has 1 aromatic rings. The second-order valence-corrected chi connectivity index (χ2v) is 8.16. The SMILES string of the molecule is COCCN(CC(C)C)S(=O)(=O)c1c(C)csc1CCl. The van der Waals surface area contributed by atoms with Gasteiger partial charge in [-0.3, -0.25) is 0 Å². The van der Waals surface area contributed by atoms with E-state index in [9.17, 15) is 8.42 Å². The number of ether oxygens (including phenoxy) is 1. The van der Waals surface area contributed by atoms with E-state index < -0.39 is 10.0 Å². The maximum atomic E-state index is 12.9. The predicted molar refractivity (Wildman–Crippen MR) is 84.1 cm³/mol. The zero-order valence-electron chi connectivity index (χ0n) is 12.3. The summed E-state index contributed by atoms with van der Waals surface area (Å²) in [5.41, 5.74) is 0.761. The van der Waals surface area contributed by atoms with Gasteiger partial charge in [0.25, 0.3) is 0 Å². The van der Waals surface area contributed by atoms with Crippen molar-refractivity contribution in [2.75, 3.05) is 26.8 Å². The largest absolute Gasteiger partial charge is 0.383 e. The van der Waals surface area contributed by atoms with E-state index in [1.807, 2.05) is 26.2 Å². The van der Waals surface area contributed by atoms with Crippen molar-refractivity contribution in [3.8, 4) is 0 Å². The second kappa shape index (κ2) is 7.75. The van der Waals surface area contributed by atoms with Gasteiger partial charge in [0.05, 0.1) is 12.5 Å². The van der Waals surface area contributed by atoms with Crippen LogP contribution in [-0.2, 0) is 20.6 Å². The molecule has 0 spiro atoms. The summed E-state index contributed by atoms with van der Waals surface area (Å²) in [6.07, 6.45) is 0. The van der Waals surface area contributed by atoms with Crippen LogP contribution in [0.5, 0.6) is 0 Å². The van der Waals surface area contributed by atoms with E-state index in [-0.39, 0.29) is 11.8 Å². The van der Waals surface area contributed by atoms with Crippen LogP contribution in [0.4, 0.5) is 0 Å². The molecule has 0 unspecified atom stereocenters. The van der Waals surface area contributed by atoms with Gasteiger partial charge in [-0.15, -0.1) is 22.9 Å². The maximum Gasteiger partial charge on any atom is 0.244 e. The molecule has 0 N–H and O–H groups in total. The predicted octanol–water partition coefficient (Wildman–Crippen LogP) is 3.09. The van der Waals surface area contributed by atoms with Gasteiger partial charge < -0.3 is 4.74 Å². The second-order valence-electron chi connectivity index (χ2n) is 5.05. The quantitative estimate of drug-likeness (QED) is 0.684. The van der Waals surface area contributed by atoms with E-state index in [2.05, 4.69) is 0 Å². The summed E-state index contributed by atoms with van der Waals surface area (Å²) in [5.74, 6) is 0.465. The Balaban J connectivity index is 3.17. The lowest BCUT2D eigenvalue weighted by atomic mass is 10.2. The van der Waals surface area contributed by atoms with Crippen molar-refractivity contribution in [2.24, 2.45) is 5.92 Å². The molecule has 1 aromatic heterocycles. The highest BCUT2D eigenvalue weighted by atomic mass is 35.5. The van der Waals surface area contributed by atoms with Crippen molar-refractivity contribution in [3.63, 3.8) is 0 Å². The number of thiophene rings is 1. The van der Waals surface area contributed by atoms with Crippen LogP contribution in [0.2, 0.25) is 0 Å². The third-order valence-corrected chi connectivity index (χ3v) is 6.58. The van der Waals surface area contributed by atoms with Crippen LogP contribution >= 0.6 is 22.9 Å². The molecule has 116 valence electrons. The Bertz CT molecular complexity index is 526. The number of nitrogens with zero attached hydrogens (tertiary/aromatic N) is 1. The average molecular weight is 340 g/mol. The van der Waals surface area contributed by atoms with Crippen molar-refractivity contribution in [3.05, 3.63) is 15.8 Å². The van der Waals surface area contributed by atoms with Gasteiger partial charge in [-0.1, -0.05) is 13.8 Å². The molecule has 0 aliphatic rings. The molecule has 0 aromatic carbocycles. The smallest absolute Gasteiger partial charge is 0.244 e. The average Bonchev–Trinajstić information content (AvgIpc) is 2.75. The first-order valence-corrected chi connectivity index (χ1v) is 9.32. The molecule has 0 saturated heterocycles. The highest BCUT2D eigenvalue weighted by Crippen LogP contribution is 2.31. The number of hydrogen-bond acceptors (Lipinski definition) is 4. The molecule has 0 saturated carbocycles. The number of methoxy groups -OCH3 is 1. The van der Waals surface area contributed by atoms with E-state index in [0.717, 1.165) is 5.56 Å². The van der Waals surface area contributed by atoms with Gasteiger partial charge in [0.2, 0.25) is 10.0 Å². The first kappa shape index (κ1) is 17.9. The number of sulfonamides is 1. The molecule has 0 atom stereocenters. The van der Waals surface area contributed by atoms with E-state index in [1.165, 1.54) is 15.6 Å². The fraction of sp³-hybridized carbons (Fsp3) is 0.692. The molecular formula is C13H22ClNO3S2. The molecule has 0 aliphatic heterocycles. The maximum absolute atomic E-state index is 12.9. The van der Waals surface area contributed by atoms with Gasteiger partial charge in [0.1, 0.15) is 4.90 Å². The summed E-state index contributed by atoms with van der Waals surface area (Å²) < 4.78 is 32.2. The zero-order chi connectivity index (χ0) is 15.3. The van der Waals surface area contributed by atoms with Crippen LogP contribution in [-0.4, -0.2) is 39.5 Å². The van der Waals surface area contributed by atoms with Crippen LogP contribution in [0.25, 0.3) is 0 Å². The minimum absolute atomic E-state index is 0.215. The first-order chi connectivity index (χ1) is 9.34. The lowest BCUT2D eigenvalue weighted by Crippen LogP contribution is -2.37. The Kier molecular flexibility index (Phi) is 6.94. The number of hydrogen-bond donors (Lipinski definition) is 0. The van der Waals surface area contributed by atoms with Crippen LogP contribution < -0.4 is 0 Å². The Morgan fingerprint density at radius 2 is 2.10 bits per heavy atom. The van der Waals surface area contributed by atoms with E-state index in [1.54, 1.807) is 7.11 Å². The third kappa shape index (κ3) is 4.18. The Hall–Kier alpha value is -0.140. The molecule has 0 amide bonds. The van der Waals surface area contributed by atoms with Crippen LogP contribution in [0.3, 0.4) is 0 Å². The molecule has 20 heavy (non-hydrogen) atoms. The van der Waals surface area contributed by atoms with Gasteiger partial charge in [-0.2, -0.15) is 4.31 Å². The number of rotatable bonds is 8. The summed E-state index contributed by atoms with van der Waals surface area (Å²) in [7, 11) is -1.95. The molecule has 1 rings (SSSR count). The Morgan fingerprint density at radius 1 is 1.45 bits per heavy atom. The van der Waals surface area contributed by atoms with Crippen molar-refractivity contribution in [2.45, 2.75) is 31.5 Å². The van der Waals surface area contributed by atoms with Crippen LogP contribution in [0, 0.1) is 12.8 Å². The van der Waals surface area contributed by atoms with Crippen molar-refractivity contribution in [1.82, 2.24) is 4.31 Å². The molecule has 0 aliphatic carbocycles. The standard InChI is InChI=1S/C13H22ClNO3S2/c1-10(2)8-15(5-6-18-4)20(16,17)13-11(3)9-19-12(13)7-14/h9-10H,5-8H2,1-4H3. The van der Waals surface area contributed by atoms with E-state index in [4.69, 9.17) is 16.3 Å². The van der Waals surface area contributed by atoms with Gasteiger partial charge in [-0.05, 0) is 23.8 Å². The summed E-state index contributed by atoms with van der Waals surface area (Å²) in [4.78, 5) is 1.07. The lowest BCUT2D eigenvalue weighted by Gasteiger charge is -2.24. The molecular weight excluding hydrogens is 318 g/mol. The van der Waals surface area contributed by atoms with Gasteiger partial charge in [0.15, 0.2) is 0 Å². The summed E-state index contributed by atoms with van der Waals surface area (Å²) in [6, 6.07) is 0. The fourth-order valence-corrected chi connectivity index (χ4v) is 5.56. The monoisotopic (exact) mass is 339 g/mol. The Labute approximate surface area is 130 Å². The van der Waals surface area contributed by atoms with Gasteiger partial charge in [0, 0.05) is 25.1 Å². The number of aryl methyl sites for hydroxylation is 1. The minimum Gasteiger partial charge on any atom is -0.383 e. The molecule has 0 bridgehead atoms. The minimum atomic E-state index is -3.52. The zero-order valence-corrected chi connectivity index (χ0v) is 14.7. The van der Waals surface area contributed by atoms with E-state index in [0.29, 0.717) is 29.5 Å². The lowest BCUT2D eigenvalue weighted by molar-refractivity contribution is 0.175. The highest BCUT2D eigenvalue weighted by Gasteiger charge is 2.29. The van der Waals surface area contributed by atoms with Gasteiger partial charge in [-0.25, -0.2) is 8.42 Å². The first-order valence-electron chi connectivity index (χ1n) is 6.46. The number of halogens is 1. The molecule has 4 nitrogen and oxygen atoms in total. The third-order valence-electron chi connectivity index (χ3n) is 2.82. The van der Waals surface area contributed by atoms with Crippen molar-refractivity contribution in [1.29, 1.82) is 0 Å². The molecule has 1 heterocycles.